The van der Waals surface area contributed by atoms with Crippen LogP contribution in [0.15, 0.2) is 18.2 Å². The Hall–Kier alpha value is -1.53. The molecule has 2 aliphatic heterocycles. The van der Waals surface area contributed by atoms with E-state index in [9.17, 15) is 0 Å². The van der Waals surface area contributed by atoms with Crippen LogP contribution in [0.4, 0.5) is 5.69 Å². The minimum absolute atomic E-state index is 0.288. The monoisotopic (exact) mass is 335 g/mol. The van der Waals surface area contributed by atoms with E-state index in [1.807, 2.05) is 18.2 Å². The number of anilines is 1. The predicted molar refractivity (Wildman–Crippen MR) is 96.2 cm³/mol. The summed E-state index contributed by atoms with van der Waals surface area (Å²) in [5, 5.41) is 7.11. The minimum atomic E-state index is 0.288. The Balaban J connectivity index is 1.35. The first-order valence-electron chi connectivity index (χ1n) is 8.37. The van der Waals surface area contributed by atoms with Crippen molar-refractivity contribution in [3.05, 3.63) is 18.2 Å². The Morgan fingerprint density at radius 3 is 3.09 bits per heavy atom. The van der Waals surface area contributed by atoms with Crippen molar-refractivity contribution in [2.24, 2.45) is 5.92 Å². The van der Waals surface area contributed by atoms with Crippen LogP contribution in [-0.2, 0) is 0 Å². The molecule has 1 aromatic rings. The molecule has 2 heterocycles. The number of thiocarbonyl (C=S) groups is 1. The lowest BCUT2D eigenvalue weighted by atomic mass is 10.0. The van der Waals surface area contributed by atoms with Crippen LogP contribution in [0.3, 0.4) is 0 Å². The van der Waals surface area contributed by atoms with Crippen LogP contribution in [0.5, 0.6) is 11.5 Å². The molecule has 0 radical (unpaired) electrons. The van der Waals surface area contributed by atoms with Crippen molar-refractivity contribution in [2.75, 3.05) is 38.3 Å². The van der Waals surface area contributed by atoms with Crippen molar-refractivity contribution in [1.29, 1.82) is 0 Å². The first-order valence-corrected chi connectivity index (χ1v) is 8.78. The van der Waals surface area contributed by atoms with Crippen LogP contribution in [0, 0.1) is 5.92 Å². The summed E-state index contributed by atoms with van der Waals surface area (Å²) >= 11 is 5.34. The Labute approximate surface area is 143 Å². The number of likely N-dealkylation sites (tertiary alicyclic amines) is 1. The lowest BCUT2D eigenvalue weighted by molar-refractivity contribution is 0.174. The van der Waals surface area contributed by atoms with E-state index < -0.39 is 0 Å². The smallest absolute Gasteiger partial charge is 0.231 e. The van der Waals surface area contributed by atoms with Gasteiger partial charge in [-0.3, -0.25) is 0 Å². The summed E-state index contributed by atoms with van der Waals surface area (Å²) in [5.74, 6) is 2.38. The van der Waals surface area contributed by atoms with Crippen molar-refractivity contribution < 1.29 is 9.47 Å². The zero-order valence-electron chi connectivity index (χ0n) is 13.6. The molecular weight excluding hydrogens is 310 g/mol. The topological polar surface area (TPSA) is 45.8 Å². The van der Waals surface area contributed by atoms with E-state index in [0.29, 0.717) is 5.11 Å². The molecule has 126 valence electrons. The van der Waals surface area contributed by atoms with E-state index >= 15 is 0 Å². The van der Waals surface area contributed by atoms with Gasteiger partial charge >= 0.3 is 0 Å². The van der Waals surface area contributed by atoms with Crippen LogP contribution in [0.2, 0.25) is 0 Å². The molecule has 1 aromatic carbocycles. The summed E-state index contributed by atoms with van der Waals surface area (Å²) in [6.45, 7) is 7.14. The van der Waals surface area contributed by atoms with E-state index in [1.54, 1.807) is 0 Å². The average molecular weight is 335 g/mol. The molecule has 2 N–H and O–H groups in total. The highest BCUT2D eigenvalue weighted by molar-refractivity contribution is 7.80. The quantitative estimate of drug-likeness (QED) is 0.637. The van der Waals surface area contributed by atoms with E-state index in [2.05, 4.69) is 22.5 Å². The van der Waals surface area contributed by atoms with Crippen LogP contribution < -0.4 is 20.1 Å². The third-order valence-electron chi connectivity index (χ3n) is 4.31. The summed E-state index contributed by atoms with van der Waals surface area (Å²) in [6.07, 6.45) is 3.81. The summed E-state index contributed by atoms with van der Waals surface area (Å²) < 4.78 is 10.7. The van der Waals surface area contributed by atoms with Crippen molar-refractivity contribution in [3.8, 4) is 11.5 Å². The van der Waals surface area contributed by atoms with Crippen molar-refractivity contribution in [2.45, 2.75) is 26.2 Å². The number of hydrogen-bond acceptors (Lipinski definition) is 4. The molecule has 1 saturated heterocycles. The van der Waals surface area contributed by atoms with Gasteiger partial charge in [-0.15, -0.1) is 0 Å². The van der Waals surface area contributed by atoms with Crippen LogP contribution in [0.25, 0.3) is 0 Å². The molecule has 1 atom stereocenters. The number of hydrogen-bond donors (Lipinski definition) is 2. The highest BCUT2D eigenvalue weighted by atomic mass is 32.1. The largest absolute Gasteiger partial charge is 0.454 e. The van der Waals surface area contributed by atoms with Gasteiger partial charge in [0.1, 0.15) is 0 Å². The van der Waals surface area contributed by atoms with Crippen molar-refractivity contribution >= 4 is 23.0 Å². The molecule has 5 nitrogen and oxygen atoms in total. The predicted octanol–water partition coefficient (Wildman–Crippen LogP) is 2.82. The van der Waals surface area contributed by atoms with Gasteiger partial charge < -0.3 is 25.0 Å². The molecule has 0 aliphatic carbocycles. The average Bonchev–Trinajstić information content (AvgIpc) is 2.99. The fourth-order valence-electron chi connectivity index (χ4n) is 3.14. The standard InChI is InChI=1S/C17H25N3O2S/c1-13-4-2-8-20(11-13)9-3-7-18-17(23)19-14-5-6-15-16(10-14)22-12-21-15/h5-6,10,13H,2-4,7-9,11-12H2,1H3,(H2,18,19,23). The summed E-state index contributed by atoms with van der Waals surface area (Å²) in [5.41, 5.74) is 0.914. The molecule has 0 amide bonds. The second-order valence-corrected chi connectivity index (χ2v) is 6.76. The maximum absolute atomic E-state index is 5.36. The van der Waals surface area contributed by atoms with Gasteiger partial charge in [0.25, 0.3) is 0 Å². The maximum Gasteiger partial charge on any atom is 0.231 e. The fraction of sp³-hybridized carbons (Fsp3) is 0.588. The molecule has 1 unspecified atom stereocenters. The van der Waals surface area contributed by atoms with Gasteiger partial charge in [-0.05, 0) is 62.6 Å². The highest BCUT2D eigenvalue weighted by Crippen LogP contribution is 2.34. The van der Waals surface area contributed by atoms with Crippen molar-refractivity contribution in [3.63, 3.8) is 0 Å². The normalized spacial score (nSPS) is 20.3. The minimum Gasteiger partial charge on any atom is -0.454 e. The lowest BCUT2D eigenvalue weighted by Crippen LogP contribution is -2.37. The summed E-state index contributed by atoms with van der Waals surface area (Å²) in [7, 11) is 0. The highest BCUT2D eigenvalue weighted by Gasteiger charge is 2.15. The second-order valence-electron chi connectivity index (χ2n) is 6.35. The van der Waals surface area contributed by atoms with Crippen molar-refractivity contribution in [1.82, 2.24) is 10.2 Å². The van der Waals surface area contributed by atoms with E-state index in [0.717, 1.165) is 42.6 Å². The molecule has 0 aromatic heterocycles. The first kappa shape index (κ1) is 16.3. The van der Waals surface area contributed by atoms with E-state index in [4.69, 9.17) is 21.7 Å². The molecule has 3 rings (SSSR count). The van der Waals surface area contributed by atoms with Gasteiger partial charge in [0.05, 0.1) is 0 Å². The summed E-state index contributed by atoms with van der Waals surface area (Å²) in [4.78, 5) is 2.56. The Morgan fingerprint density at radius 2 is 2.22 bits per heavy atom. The third kappa shape index (κ3) is 4.72. The molecule has 0 spiro atoms. The number of benzene rings is 1. The maximum atomic E-state index is 5.36. The Morgan fingerprint density at radius 1 is 1.35 bits per heavy atom. The van der Waals surface area contributed by atoms with Crippen LogP contribution in [0.1, 0.15) is 26.2 Å². The third-order valence-corrected chi connectivity index (χ3v) is 4.55. The van der Waals surface area contributed by atoms with Crippen LogP contribution >= 0.6 is 12.2 Å². The number of nitrogens with zero attached hydrogens (tertiary/aromatic N) is 1. The number of rotatable bonds is 5. The molecule has 23 heavy (non-hydrogen) atoms. The number of fused-ring (bicyclic) bond motifs is 1. The van der Waals surface area contributed by atoms with Gasteiger partial charge in [-0.2, -0.15) is 0 Å². The fourth-order valence-corrected chi connectivity index (χ4v) is 3.36. The number of piperidine rings is 1. The van der Waals surface area contributed by atoms with Gasteiger partial charge in [0, 0.05) is 24.8 Å². The lowest BCUT2D eigenvalue weighted by Gasteiger charge is -2.30. The zero-order chi connectivity index (χ0) is 16.1. The van der Waals surface area contributed by atoms with E-state index in [-0.39, 0.29) is 6.79 Å². The van der Waals surface area contributed by atoms with Gasteiger partial charge in [0.15, 0.2) is 16.6 Å². The Bertz CT molecular complexity index is 553. The van der Waals surface area contributed by atoms with Gasteiger partial charge in [0.2, 0.25) is 6.79 Å². The Kier molecular flexibility index (Phi) is 5.56. The summed E-state index contributed by atoms with van der Waals surface area (Å²) in [6, 6.07) is 5.74. The molecular formula is C17H25N3O2S. The van der Waals surface area contributed by atoms with Crippen LogP contribution in [-0.4, -0.2) is 43.0 Å². The number of nitrogens with one attached hydrogen (secondary N) is 2. The van der Waals surface area contributed by atoms with Gasteiger partial charge in [-0.25, -0.2) is 0 Å². The van der Waals surface area contributed by atoms with Gasteiger partial charge in [-0.1, -0.05) is 6.92 Å². The SMILES string of the molecule is CC1CCCN(CCCNC(=S)Nc2ccc3c(c2)OCO3)C1. The second kappa shape index (κ2) is 7.84. The zero-order valence-corrected chi connectivity index (χ0v) is 14.5. The molecule has 0 bridgehead atoms. The first-order chi connectivity index (χ1) is 11.2. The molecule has 0 saturated carbocycles. The molecule has 1 fully saturated rings. The molecule has 6 heteroatoms. The number of ether oxygens (including phenoxy) is 2. The molecule has 2 aliphatic rings. The van der Waals surface area contributed by atoms with E-state index in [1.165, 1.54) is 25.9 Å².